The molecule has 0 bridgehead atoms. The van der Waals surface area contributed by atoms with Gasteiger partial charge in [-0.2, -0.15) is 0 Å². The number of carbonyl (C=O) groups excluding carboxylic acids is 2. The number of benzene rings is 1. The molecular weight excluding hydrogens is 344 g/mol. The molecule has 0 radical (unpaired) electrons. The van der Waals surface area contributed by atoms with Crippen molar-refractivity contribution in [3.8, 4) is 11.8 Å². The van der Waals surface area contributed by atoms with E-state index in [1.165, 1.54) is 0 Å². The Morgan fingerprint density at radius 1 is 1.19 bits per heavy atom. The van der Waals surface area contributed by atoms with E-state index in [1.54, 1.807) is 35.5 Å². The zero-order valence-electron chi connectivity index (χ0n) is 15.5. The van der Waals surface area contributed by atoms with Crippen LogP contribution in [-0.2, 0) is 9.59 Å². The smallest absolute Gasteiger partial charge is 0.321 e. The number of anilines is 1. The van der Waals surface area contributed by atoms with Crippen LogP contribution < -0.4 is 10.1 Å². The SMILES string of the molecule is Cc1cc(Oc2ncccn2)ccc1NC(=O)CN1CCCCCCC1=O. The summed E-state index contributed by atoms with van der Waals surface area (Å²) >= 11 is 0. The first-order valence-corrected chi connectivity index (χ1v) is 9.25. The standard InChI is InChI=1S/C20H24N4O3/c1-15-13-16(27-20-21-10-6-11-22-20)8-9-17(15)23-18(25)14-24-12-5-3-2-4-7-19(24)26/h6,8-11,13H,2-5,7,12,14H2,1H3,(H,23,25). The molecule has 2 heterocycles. The molecule has 7 nitrogen and oxygen atoms in total. The van der Waals surface area contributed by atoms with Gasteiger partial charge in [0.1, 0.15) is 5.75 Å². The highest BCUT2D eigenvalue weighted by Crippen LogP contribution is 2.24. The lowest BCUT2D eigenvalue weighted by molar-refractivity contribution is -0.135. The van der Waals surface area contributed by atoms with E-state index in [2.05, 4.69) is 15.3 Å². The fourth-order valence-electron chi connectivity index (χ4n) is 3.03. The third kappa shape index (κ3) is 5.51. The number of carbonyl (C=O) groups is 2. The molecule has 142 valence electrons. The number of aryl methyl sites for hydroxylation is 1. The molecule has 1 aliphatic rings. The van der Waals surface area contributed by atoms with Crippen LogP contribution in [0.5, 0.6) is 11.8 Å². The molecule has 1 N–H and O–H groups in total. The van der Waals surface area contributed by atoms with Crippen LogP contribution in [0.2, 0.25) is 0 Å². The van der Waals surface area contributed by atoms with Gasteiger partial charge in [0.15, 0.2) is 0 Å². The molecule has 1 aliphatic heterocycles. The number of hydrogen-bond acceptors (Lipinski definition) is 5. The Morgan fingerprint density at radius 2 is 1.96 bits per heavy atom. The number of hydrogen-bond donors (Lipinski definition) is 1. The number of nitrogens with zero attached hydrogens (tertiary/aromatic N) is 3. The predicted molar refractivity (Wildman–Crippen MR) is 102 cm³/mol. The summed E-state index contributed by atoms with van der Waals surface area (Å²) in [5.41, 5.74) is 1.55. The lowest BCUT2D eigenvalue weighted by Gasteiger charge is -2.24. The van der Waals surface area contributed by atoms with E-state index >= 15 is 0 Å². The third-order valence-electron chi connectivity index (χ3n) is 4.48. The van der Waals surface area contributed by atoms with E-state index in [0.29, 0.717) is 24.4 Å². The second kappa shape index (κ2) is 9.12. The molecule has 1 fully saturated rings. The van der Waals surface area contributed by atoms with Crippen molar-refractivity contribution in [2.45, 2.75) is 39.0 Å². The first-order valence-electron chi connectivity index (χ1n) is 9.25. The summed E-state index contributed by atoms with van der Waals surface area (Å²) in [7, 11) is 0. The molecule has 1 aromatic heterocycles. The number of likely N-dealkylation sites (tertiary alicyclic amines) is 1. The number of nitrogens with one attached hydrogen (secondary N) is 1. The van der Waals surface area contributed by atoms with Crippen LogP contribution in [0.25, 0.3) is 0 Å². The van der Waals surface area contributed by atoms with Crippen LogP contribution >= 0.6 is 0 Å². The van der Waals surface area contributed by atoms with Crippen LogP contribution in [0.4, 0.5) is 5.69 Å². The fourth-order valence-corrected chi connectivity index (χ4v) is 3.03. The zero-order chi connectivity index (χ0) is 19.1. The van der Waals surface area contributed by atoms with Crippen LogP contribution in [-0.4, -0.2) is 39.8 Å². The first-order chi connectivity index (χ1) is 13.1. The Hall–Kier alpha value is -2.96. The van der Waals surface area contributed by atoms with Gasteiger partial charge in [-0.1, -0.05) is 12.8 Å². The predicted octanol–water partition coefficient (Wildman–Crippen LogP) is 3.31. The largest absolute Gasteiger partial charge is 0.424 e. The van der Waals surface area contributed by atoms with Gasteiger partial charge in [0.25, 0.3) is 0 Å². The molecule has 2 amide bonds. The number of aromatic nitrogens is 2. The van der Waals surface area contributed by atoms with E-state index in [4.69, 9.17) is 4.74 Å². The van der Waals surface area contributed by atoms with Gasteiger partial charge in [-0.15, -0.1) is 0 Å². The number of ether oxygens (including phenoxy) is 1. The molecule has 7 heteroatoms. The average Bonchev–Trinajstić information content (AvgIpc) is 2.65. The van der Waals surface area contributed by atoms with E-state index < -0.39 is 0 Å². The average molecular weight is 368 g/mol. The molecule has 0 saturated carbocycles. The van der Waals surface area contributed by atoms with E-state index in [0.717, 1.165) is 31.2 Å². The van der Waals surface area contributed by atoms with E-state index in [9.17, 15) is 9.59 Å². The fraction of sp³-hybridized carbons (Fsp3) is 0.400. The highest BCUT2D eigenvalue weighted by atomic mass is 16.5. The summed E-state index contributed by atoms with van der Waals surface area (Å²) in [5, 5.41) is 2.89. The van der Waals surface area contributed by atoms with Crippen molar-refractivity contribution < 1.29 is 14.3 Å². The second-order valence-electron chi connectivity index (χ2n) is 6.64. The van der Waals surface area contributed by atoms with Gasteiger partial charge in [0.2, 0.25) is 11.8 Å². The van der Waals surface area contributed by atoms with Gasteiger partial charge >= 0.3 is 6.01 Å². The van der Waals surface area contributed by atoms with Crippen molar-refractivity contribution in [3.63, 3.8) is 0 Å². The number of rotatable bonds is 5. The van der Waals surface area contributed by atoms with Crippen molar-refractivity contribution in [1.29, 1.82) is 0 Å². The highest BCUT2D eigenvalue weighted by Gasteiger charge is 2.18. The third-order valence-corrected chi connectivity index (χ3v) is 4.48. The van der Waals surface area contributed by atoms with Gasteiger partial charge in [-0.05, 0) is 49.6 Å². The maximum Gasteiger partial charge on any atom is 0.321 e. The molecule has 0 aliphatic carbocycles. The molecule has 0 spiro atoms. The summed E-state index contributed by atoms with van der Waals surface area (Å²) in [4.78, 5) is 34.3. The van der Waals surface area contributed by atoms with Crippen LogP contribution in [0.1, 0.15) is 37.7 Å². The van der Waals surface area contributed by atoms with E-state index in [-0.39, 0.29) is 24.4 Å². The minimum atomic E-state index is -0.188. The summed E-state index contributed by atoms with van der Waals surface area (Å²) in [6.07, 6.45) is 7.80. The zero-order valence-corrected chi connectivity index (χ0v) is 15.5. The molecule has 27 heavy (non-hydrogen) atoms. The topological polar surface area (TPSA) is 84.4 Å². The number of amides is 2. The van der Waals surface area contributed by atoms with Crippen molar-refractivity contribution in [2.75, 3.05) is 18.4 Å². The quantitative estimate of drug-likeness (QED) is 0.875. The monoisotopic (exact) mass is 368 g/mol. The van der Waals surface area contributed by atoms with Crippen molar-refractivity contribution in [1.82, 2.24) is 14.9 Å². The van der Waals surface area contributed by atoms with Crippen molar-refractivity contribution in [3.05, 3.63) is 42.2 Å². The molecule has 3 rings (SSSR count). The van der Waals surface area contributed by atoms with Crippen LogP contribution in [0, 0.1) is 6.92 Å². The molecule has 2 aromatic rings. The van der Waals surface area contributed by atoms with Crippen molar-refractivity contribution in [2.24, 2.45) is 0 Å². The Kier molecular flexibility index (Phi) is 6.35. The summed E-state index contributed by atoms with van der Waals surface area (Å²) < 4.78 is 5.59. The van der Waals surface area contributed by atoms with Gasteiger partial charge in [0, 0.05) is 31.0 Å². The van der Waals surface area contributed by atoms with Crippen LogP contribution in [0.15, 0.2) is 36.7 Å². The lowest BCUT2D eigenvalue weighted by Crippen LogP contribution is -2.39. The Labute approximate surface area is 158 Å². The Balaban J connectivity index is 1.59. The molecule has 0 unspecified atom stereocenters. The first kappa shape index (κ1) is 18.8. The highest BCUT2D eigenvalue weighted by molar-refractivity contribution is 5.95. The van der Waals surface area contributed by atoms with Crippen molar-refractivity contribution >= 4 is 17.5 Å². The van der Waals surface area contributed by atoms with Gasteiger partial charge < -0.3 is 15.0 Å². The summed E-state index contributed by atoms with van der Waals surface area (Å²) in [6.45, 7) is 2.62. The molecule has 0 atom stereocenters. The normalized spacial score (nSPS) is 15.0. The second-order valence-corrected chi connectivity index (χ2v) is 6.64. The van der Waals surface area contributed by atoms with Gasteiger partial charge in [0.05, 0.1) is 6.54 Å². The minimum absolute atomic E-state index is 0.0631. The molecule has 1 saturated heterocycles. The molecular formula is C20H24N4O3. The summed E-state index contributed by atoms with van der Waals surface area (Å²) in [6, 6.07) is 7.33. The molecule has 1 aromatic carbocycles. The summed E-state index contributed by atoms with van der Waals surface area (Å²) in [5.74, 6) is 0.468. The lowest BCUT2D eigenvalue weighted by atomic mass is 10.1. The van der Waals surface area contributed by atoms with Gasteiger partial charge in [-0.3, -0.25) is 9.59 Å². The van der Waals surface area contributed by atoms with Gasteiger partial charge in [-0.25, -0.2) is 9.97 Å². The maximum atomic E-state index is 12.4. The Bertz CT molecular complexity index is 795. The minimum Gasteiger partial charge on any atom is -0.424 e. The maximum absolute atomic E-state index is 12.4. The Morgan fingerprint density at radius 3 is 2.74 bits per heavy atom. The van der Waals surface area contributed by atoms with Crippen LogP contribution in [0.3, 0.4) is 0 Å². The van der Waals surface area contributed by atoms with E-state index in [1.807, 2.05) is 13.0 Å².